The van der Waals surface area contributed by atoms with Crippen molar-refractivity contribution < 1.29 is 4.74 Å². The van der Waals surface area contributed by atoms with Crippen LogP contribution in [0, 0.1) is 0 Å². The predicted molar refractivity (Wildman–Crippen MR) is 59.6 cm³/mol. The van der Waals surface area contributed by atoms with Crippen molar-refractivity contribution in [2.75, 3.05) is 25.1 Å². The minimum Gasteiger partial charge on any atom is -0.380 e. The Labute approximate surface area is 92.2 Å². The van der Waals surface area contributed by atoms with E-state index in [0.29, 0.717) is 6.10 Å². The molecule has 0 spiro atoms. The lowest BCUT2D eigenvalue weighted by atomic mass is 10.3. The third-order valence-corrected chi connectivity index (χ3v) is 2.97. The van der Waals surface area contributed by atoms with Gasteiger partial charge in [0.15, 0.2) is 0 Å². The monoisotopic (exact) mass is 256 g/mol. The van der Waals surface area contributed by atoms with E-state index in [0.717, 1.165) is 24.0 Å². The fourth-order valence-corrected chi connectivity index (χ4v) is 2.08. The van der Waals surface area contributed by atoms with Gasteiger partial charge in [0, 0.05) is 30.9 Å². The molecule has 1 aromatic heterocycles. The molecule has 1 atom stereocenters. The average molecular weight is 257 g/mol. The third kappa shape index (κ3) is 2.07. The normalized spacial score (nSPS) is 21.6. The Morgan fingerprint density at radius 3 is 3.07 bits per heavy atom. The SMILES string of the molecule is CO[C@H]1CCN(c2cncc(Br)c2)C1. The van der Waals surface area contributed by atoms with E-state index in [2.05, 4.69) is 31.9 Å². The van der Waals surface area contributed by atoms with Crippen molar-refractivity contribution in [2.45, 2.75) is 12.5 Å². The van der Waals surface area contributed by atoms with Gasteiger partial charge < -0.3 is 9.64 Å². The maximum Gasteiger partial charge on any atom is 0.0762 e. The van der Waals surface area contributed by atoms with Gasteiger partial charge in [-0.1, -0.05) is 0 Å². The smallest absolute Gasteiger partial charge is 0.0762 e. The zero-order valence-electron chi connectivity index (χ0n) is 8.11. The zero-order chi connectivity index (χ0) is 9.97. The minimum absolute atomic E-state index is 0.369. The van der Waals surface area contributed by atoms with E-state index < -0.39 is 0 Å². The highest BCUT2D eigenvalue weighted by Crippen LogP contribution is 2.23. The van der Waals surface area contributed by atoms with Crippen molar-refractivity contribution in [1.82, 2.24) is 4.98 Å². The van der Waals surface area contributed by atoms with Gasteiger partial charge in [0.1, 0.15) is 0 Å². The number of methoxy groups -OCH3 is 1. The van der Waals surface area contributed by atoms with Gasteiger partial charge in [-0.2, -0.15) is 0 Å². The number of hydrogen-bond donors (Lipinski definition) is 0. The Kier molecular flexibility index (Phi) is 3.03. The predicted octanol–water partition coefficient (Wildman–Crippen LogP) is 2.07. The van der Waals surface area contributed by atoms with Gasteiger partial charge in [0.05, 0.1) is 18.0 Å². The number of halogens is 1. The summed E-state index contributed by atoms with van der Waals surface area (Å²) in [6.45, 7) is 2.02. The van der Waals surface area contributed by atoms with Gasteiger partial charge in [-0.05, 0) is 28.4 Å². The van der Waals surface area contributed by atoms with Crippen LogP contribution in [0.5, 0.6) is 0 Å². The summed E-state index contributed by atoms with van der Waals surface area (Å²) in [4.78, 5) is 6.45. The van der Waals surface area contributed by atoms with E-state index in [1.54, 1.807) is 13.3 Å². The summed E-state index contributed by atoms with van der Waals surface area (Å²) in [6, 6.07) is 2.09. The highest BCUT2D eigenvalue weighted by molar-refractivity contribution is 9.10. The van der Waals surface area contributed by atoms with Crippen LogP contribution in [0.1, 0.15) is 6.42 Å². The van der Waals surface area contributed by atoms with Crippen LogP contribution in [0.3, 0.4) is 0 Å². The molecule has 0 radical (unpaired) electrons. The summed E-state index contributed by atoms with van der Waals surface area (Å²) in [5.41, 5.74) is 1.17. The van der Waals surface area contributed by atoms with Crippen molar-refractivity contribution in [3.8, 4) is 0 Å². The van der Waals surface area contributed by atoms with Crippen molar-refractivity contribution in [2.24, 2.45) is 0 Å². The van der Waals surface area contributed by atoms with Gasteiger partial charge in [0.2, 0.25) is 0 Å². The Hall–Kier alpha value is -0.610. The average Bonchev–Trinajstić information content (AvgIpc) is 2.66. The first-order valence-electron chi connectivity index (χ1n) is 4.68. The second-order valence-corrected chi connectivity index (χ2v) is 4.37. The molecule has 1 aliphatic rings. The molecular weight excluding hydrogens is 244 g/mol. The van der Waals surface area contributed by atoms with E-state index in [-0.39, 0.29) is 0 Å². The molecule has 0 unspecified atom stereocenters. The van der Waals surface area contributed by atoms with Gasteiger partial charge in [0.25, 0.3) is 0 Å². The molecule has 1 saturated heterocycles. The summed E-state index contributed by atoms with van der Waals surface area (Å²) in [7, 11) is 1.77. The molecule has 1 aromatic rings. The van der Waals surface area contributed by atoms with Crippen LogP contribution in [0.2, 0.25) is 0 Å². The third-order valence-electron chi connectivity index (χ3n) is 2.53. The lowest BCUT2D eigenvalue weighted by Crippen LogP contribution is -2.22. The molecule has 1 fully saturated rings. The molecule has 0 saturated carbocycles. The van der Waals surface area contributed by atoms with Crippen LogP contribution in [0.25, 0.3) is 0 Å². The highest BCUT2D eigenvalue weighted by atomic mass is 79.9. The topological polar surface area (TPSA) is 25.4 Å². The van der Waals surface area contributed by atoms with Crippen molar-refractivity contribution in [1.29, 1.82) is 0 Å². The van der Waals surface area contributed by atoms with Gasteiger partial charge in [-0.3, -0.25) is 4.98 Å². The molecule has 14 heavy (non-hydrogen) atoms. The first-order valence-corrected chi connectivity index (χ1v) is 5.47. The van der Waals surface area contributed by atoms with Gasteiger partial charge in [-0.25, -0.2) is 0 Å². The lowest BCUT2D eigenvalue weighted by molar-refractivity contribution is 0.121. The maximum atomic E-state index is 5.32. The summed E-state index contributed by atoms with van der Waals surface area (Å²) < 4.78 is 6.34. The Morgan fingerprint density at radius 1 is 1.57 bits per heavy atom. The second-order valence-electron chi connectivity index (χ2n) is 3.45. The summed E-state index contributed by atoms with van der Waals surface area (Å²) in [5, 5.41) is 0. The second kappa shape index (κ2) is 4.28. The molecule has 3 nitrogen and oxygen atoms in total. The highest BCUT2D eigenvalue weighted by Gasteiger charge is 2.22. The molecule has 0 aromatic carbocycles. The van der Waals surface area contributed by atoms with Crippen LogP contribution in [-0.2, 0) is 4.74 Å². The molecule has 4 heteroatoms. The molecule has 0 bridgehead atoms. The van der Waals surface area contributed by atoms with E-state index >= 15 is 0 Å². The number of rotatable bonds is 2. The van der Waals surface area contributed by atoms with E-state index in [4.69, 9.17) is 4.74 Å². The van der Waals surface area contributed by atoms with Gasteiger partial charge in [-0.15, -0.1) is 0 Å². The summed E-state index contributed by atoms with van der Waals surface area (Å²) >= 11 is 3.42. The fourth-order valence-electron chi connectivity index (χ4n) is 1.73. The van der Waals surface area contributed by atoms with Crippen molar-refractivity contribution in [3.05, 3.63) is 22.9 Å². The largest absolute Gasteiger partial charge is 0.380 e. The number of aromatic nitrogens is 1. The maximum absolute atomic E-state index is 5.32. The van der Waals surface area contributed by atoms with E-state index in [1.165, 1.54) is 5.69 Å². The number of nitrogens with zero attached hydrogens (tertiary/aromatic N) is 2. The first kappa shape index (κ1) is 9.93. The van der Waals surface area contributed by atoms with Crippen LogP contribution in [-0.4, -0.2) is 31.3 Å². The Bertz CT molecular complexity index is 319. The van der Waals surface area contributed by atoms with E-state index in [1.807, 2.05) is 6.20 Å². The molecule has 0 aliphatic carbocycles. The lowest BCUT2D eigenvalue weighted by Gasteiger charge is -2.17. The molecule has 76 valence electrons. The van der Waals surface area contributed by atoms with E-state index in [9.17, 15) is 0 Å². The summed E-state index contributed by atoms with van der Waals surface area (Å²) in [5.74, 6) is 0. The minimum atomic E-state index is 0.369. The first-order chi connectivity index (χ1) is 6.79. The molecule has 2 heterocycles. The number of ether oxygens (including phenoxy) is 1. The van der Waals surface area contributed by atoms with Crippen molar-refractivity contribution in [3.63, 3.8) is 0 Å². The van der Waals surface area contributed by atoms with Crippen LogP contribution in [0.15, 0.2) is 22.9 Å². The molecule has 0 N–H and O–H groups in total. The molecular formula is C10H13BrN2O. The number of hydrogen-bond acceptors (Lipinski definition) is 3. The number of pyridine rings is 1. The molecule has 1 aliphatic heterocycles. The Morgan fingerprint density at radius 2 is 2.43 bits per heavy atom. The Balaban J connectivity index is 2.09. The number of anilines is 1. The van der Waals surface area contributed by atoms with Crippen LogP contribution in [0.4, 0.5) is 5.69 Å². The summed E-state index contributed by atoms with van der Waals surface area (Å²) in [6.07, 6.45) is 5.16. The standard InChI is InChI=1S/C10H13BrN2O/c1-14-10-2-3-13(7-10)9-4-8(11)5-12-6-9/h4-6,10H,2-3,7H2,1H3/t10-/m0/s1. The fraction of sp³-hybridized carbons (Fsp3) is 0.500. The van der Waals surface area contributed by atoms with Crippen LogP contribution >= 0.6 is 15.9 Å². The van der Waals surface area contributed by atoms with Crippen LogP contribution < -0.4 is 4.90 Å². The molecule has 2 rings (SSSR count). The van der Waals surface area contributed by atoms with Gasteiger partial charge >= 0.3 is 0 Å². The van der Waals surface area contributed by atoms with Crippen molar-refractivity contribution >= 4 is 21.6 Å². The quantitative estimate of drug-likeness (QED) is 0.811. The molecule has 0 amide bonds. The zero-order valence-corrected chi connectivity index (χ0v) is 9.70.